The highest BCUT2D eigenvalue weighted by Gasteiger charge is 2.19. The van der Waals surface area contributed by atoms with E-state index in [4.69, 9.17) is 4.74 Å². The lowest BCUT2D eigenvalue weighted by atomic mass is 9.90. The first-order valence-corrected chi connectivity index (χ1v) is 21.6. The van der Waals surface area contributed by atoms with E-state index in [2.05, 4.69) is 63.8 Å². The van der Waals surface area contributed by atoms with Gasteiger partial charge in [0.05, 0.1) is 22.4 Å². The van der Waals surface area contributed by atoms with Crippen LogP contribution in [0.1, 0.15) is 55.5 Å². The first-order chi connectivity index (χ1) is 27.3. The summed E-state index contributed by atoms with van der Waals surface area (Å²) in [7, 11) is -8.65. The molecule has 1 aliphatic rings. The van der Waals surface area contributed by atoms with Gasteiger partial charge < -0.3 is 15.4 Å². The van der Waals surface area contributed by atoms with Gasteiger partial charge in [-0.25, -0.2) is 4.58 Å². The Labute approximate surface area is 335 Å². The van der Waals surface area contributed by atoms with Crippen LogP contribution in [0.3, 0.4) is 0 Å². The maximum Gasteiger partial charge on any atom is 0.294 e. The van der Waals surface area contributed by atoms with Gasteiger partial charge in [-0.15, -0.1) is 0 Å². The molecule has 12 heteroatoms. The normalized spacial score (nSPS) is 13.3. The average Bonchev–Trinajstić information content (AvgIpc) is 3.21. The van der Waals surface area contributed by atoms with E-state index in [0.29, 0.717) is 26.1 Å². The number of nitrogens with zero attached hydrogens (tertiary/aromatic N) is 1. The molecule has 1 aliphatic carbocycles. The summed E-state index contributed by atoms with van der Waals surface area (Å²) in [5, 5.41) is 6.97. The molecule has 294 valence electrons. The summed E-state index contributed by atoms with van der Waals surface area (Å²) >= 11 is 0. The number of anilines is 3. The van der Waals surface area contributed by atoms with Crippen LogP contribution in [0.25, 0.3) is 5.57 Å². The van der Waals surface area contributed by atoms with Crippen LogP contribution in [0.2, 0.25) is 0 Å². The second-order valence-corrected chi connectivity index (χ2v) is 16.3. The third kappa shape index (κ3) is 10.5. The van der Waals surface area contributed by atoms with Crippen molar-refractivity contribution < 1.29 is 35.3 Å². The van der Waals surface area contributed by atoms with Gasteiger partial charge >= 0.3 is 0 Å². The highest BCUT2D eigenvalue weighted by Crippen LogP contribution is 2.33. The molecule has 0 aliphatic heterocycles. The molecule has 0 fully saturated rings. The molecule has 0 amide bonds. The summed E-state index contributed by atoms with van der Waals surface area (Å²) in [6, 6.07) is 36.7. The SMILES string of the molecule is CCOc1ccc(Nc2ccc(C(=C3C=CC(=[N+](CC)Cc4cccc(S(=O)(=O)O)c4)C=C3)c3ccc(NC(CC)c4cccc(S(=O)(=O)O)c4)cc3)cc2)cc1. The van der Waals surface area contributed by atoms with Crippen molar-refractivity contribution >= 4 is 48.6 Å². The van der Waals surface area contributed by atoms with Crippen molar-refractivity contribution in [2.75, 3.05) is 23.8 Å². The molecule has 5 aromatic rings. The molecule has 0 bridgehead atoms. The summed E-state index contributed by atoms with van der Waals surface area (Å²) < 4.78 is 74.0. The first kappa shape index (κ1) is 40.9. The van der Waals surface area contributed by atoms with Gasteiger partial charge in [-0.2, -0.15) is 16.8 Å². The molecule has 4 N–H and O–H groups in total. The van der Waals surface area contributed by atoms with Crippen LogP contribution < -0.4 is 15.4 Å². The minimum absolute atomic E-state index is 0.135. The first-order valence-electron chi connectivity index (χ1n) is 18.7. The Bertz CT molecular complexity index is 2540. The van der Waals surface area contributed by atoms with E-state index in [1.54, 1.807) is 12.1 Å². The van der Waals surface area contributed by atoms with E-state index in [-0.39, 0.29) is 15.8 Å². The fourth-order valence-electron chi connectivity index (χ4n) is 6.68. The average molecular weight is 805 g/mol. The molecular weight excluding hydrogens is 759 g/mol. The van der Waals surface area contributed by atoms with Crippen molar-refractivity contribution in [3.05, 3.63) is 173 Å². The number of allylic oxidation sites excluding steroid dienone is 5. The van der Waals surface area contributed by atoms with Crippen LogP contribution in [0.4, 0.5) is 17.1 Å². The zero-order chi connectivity index (χ0) is 40.6. The minimum atomic E-state index is -4.33. The summed E-state index contributed by atoms with van der Waals surface area (Å²) in [4.78, 5) is -0.279. The molecule has 0 saturated carbocycles. The van der Waals surface area contributed by atoms with Crippen molar-refractivity contribution in [2.45, 2.75) is 49.6 Å². The summed E-state index contributed by atoms with van der Waals surface area (Å²) in [5.41, 5.74) is 9.16. The van der Waals surface area contributed by atoms with Crippen molar-refractivity contribution in [1.29, 1.82) is 0 Å². The largest absolute Gasteiger partial charge is 0.494 e. The Hall–Kier alpha value is -5.79. The van der Waals surface area contributed by atoms with Crippen LogP contribution in [-0.2, 0) is 26.8 Å². The number of hydrogen-bond acceptors (Lipinski definition) is 7. The van der Waals surface area contributed by atoms with Crippen LogP contribution in [0.5, 0.6) is 5.75 Å². The third-order valence-electron chi connectivity index (χ3n) is 9.58. The Kier molecular flexibility index (Phi) is 12.9. The maximum absolute atomic E-state index is 11.8. The molecule has 10 nitrogen and oxygen atoms in total. The van der Waals surface area contributed by atoms with Crippen LogP contribution in [0.15, 0.2) is 161 Å². The van der Waals surface area contributed by atoms with Crippen molar-refractivity contribution in [3.63, 3.8) is 0 Å². The Morgan fingerprint density at radius 1 is 0.667 bits per heavy atom. The summed E-state index contributed by atoms with van der Waals surface area (Å²) in [6.45, 7) is 7.72. The molecule has 1 unspecified atom stereocenters. The lowest BCUT2D eigenvalue weighted by Crippen LogP contribution is -2.19. The molecule has 0 heterocycles. The molecule has 0 aromatic heterocycles. The number of benzene rings is 5. The van der Waals surface area contributed by atoms with Gasteiger partial charge in [-0.05, 0) is 133 Å². The van der Waals surface area contributed by atoms with Crippen LogP contribution >= 0.6 is 0 Å². The van der Waals surface area contributed by atoms with Gasteiger partial charge in [-0.3, -0.25) is 9.11 Å². The monoisotopic (exact) mass is 804 g/mol. The molecule has 57 heavy (non-hydrogen) atoms. The lowest BCUT2D eigenvalue weighted by molar-refractivity contribution is -0.539. The van der Waals surface area contributed by atoms with Gasteiger partial charge in [0.25, 0.3) is 20.2 Å². The number of nitrogens with one attached hydrogen (secondary N) is 2. The van der Waals surface area contributed by atoms with E-state index in [0.717, 1.165) is 61.9 Å². The Morgan fingerprint density at radius 3 is 1.75 bits per heavy atom. The Morgan fingerprint density at radius 2 is 1.21 bits per heavy atom. The zero-order valence-corrected chi connectivity index (χ0v) is 33.6. The van der Waals surface area contributed by atoms with E-state index in [9.17, 15) is 25.9 Å². The van der Waals surface area contributed by atoms with Gasteiger partial charge in [0.2, 0.25) is 0 Å². The maximum atomic E-state index is 11.8. The minimum Gasteiger partial charge on any atom is -0.494 e. The van der Waals surface area contributed by atoms with Gasteiger partial charge in [-0.1, -0.05) is 55.5 Å². The highest BCUT2D eigenvalue weighted by atomic mass is 32.2. The molecule has 1 atom stereocenters. The van der Waals surface area contributed by atoms with E-state index in [1.807, 2.05) is 81.4 Å². The molecule has 5 aromatic carbocycles. The predicted molar refractivity (Wildman–Crippen MR) is 227 cm³/mol. The highest BCUT2D eigenvalue weighted by molar-refractivity contribution is 7.86. The van der Waals surface area contributed by atoms with Crippen molar-refractivity contribution in [1.82, 2.24) is 0 Å². The quantitative estimate of drug-likeness (QED) is 0.0601. The van der Waals surface area contributed by atoms with Gasteiger partial charge in [0.15, 0.2) is 12.3 Å². The van der Waals surface area contributed by atoms with Crippen molar-refractivity contribution in [3.8, 4) is 5.75 Å². The zero-order valence-electron chi connectivity index (χ0n) is 32.0. The number of hydrogen-bond donors (Lipinski definition) is 4. The standard InChI is InChI=1S/C45H45N3O7S2/c1-4-44(36-10-8-12-43(30-36)57(52,53)54)47-39-21-15-34(16-22-39)45(33-13-19-37(20-14-33)46-38-23-27-41(28-24-38)55-6-3)35-17-25-40(26-18-35)48(5-2)31-32-9-7-11-42(29-32)56(49,50)51/h7-30,44H,4-6,31H2,1-3H3,(H3,46,47,49,50,51,52,53,54)/p+1. The molecule has 6 rings (SSSR count). The lowest BCUT2D eigenvalue weighted by Gasteiger charge is -2.20. The molecule has 0 spiro atoms. The van der Waals surface area contributed by atoms with E-state index >= 15 is 0 Å². The topological polar surface area (TPSA) is 145 Å². The number of ether oxygens (including phenoxy) is 1. The molecule has 0 radical (unpaired) electrons. The van der Waals surface area contributed by atoms with Crippen molar-refractivity contribution in [2.24, 2.45) is 0 Å². The molecular formula is C45H46N3O7S2+. The summed E-state index contributed by atoms with van der Waals surface area (Å²) in [6.07, 6.45) is 8.94. The summed E-state index contributed by atoms with van der Waals surface area (Å²) in [5.74, 6) is 0.815. The second kappa shape index (κ2) is 18.0. The fourth-order valence-corrected chi connectivity index (χ4v) is 7.77. The number of rotatable bonds is 15. The smallest absolute Gasteiger partial charge is 0.294 e. The van der Waals surface area contributed by atoms with E-state index in [1.165, 1.54) is 24.3 Å². The molecule has 0 saturated heterocycles. The second-order valence-electron chi connectivity index (χ2n) is 13.4. The van der Waals surface area contributed by atoms with Crippen LogP contribution in [0, 0.1) is 0 Å². The van der Waals surface area contributed by atoms with E-state index < -0.39 is 20.2 Å². The Balaban J connectivity index is 1.32. The van der Waals surface area contributed by atoms with Gasteiger partial charge in [0.1, 0.15) is 12.3 Å². The van der Waals surface area contributed by atoms with Crippen LogP contribution in [-0.4, -0.2) is 49.4 Å². The van der Waals surface area contributed by atoms with Gasteiger partial charge in [0, 0.05) is 34.8 Å². The fraction of sp³-hybridized carbons (Fsp3) is 0.178. The third-order valence-corrected chi connectivity index (χ3v) is 11.3. The predicted octanol–water partition coefficient (Wildman–Crippen LogP) is 9.49.